The number of nitrogens with zero attached hydrogens (tertiary/aromatic N) is 2. The lowest BCUT2D eigenvalue weighted by Gasteiger charge is -2.05. The van der Waals surface area contributed by atoms with E-state index in [1.807, 2.05) is 24.4 Å². The maximum absolute atomic E-state index is 12.1. The molecule has 0 saturated carbocycles. The zero-order valence-electron chi connectivity index (χ0n) is 9.84. The molecule has 0 spiro atoms. The fourth-order valence-electron chi connectivity index (χ4n) is 1.88. The minimum atomic E-state index is -0.137. The summed E-state index contributed by atoms with van der Waals surface area (Å²) >= 11 is 0. The molecule has 5 nitrogen and oxygen atoms in total. The van der Waals surface area contributed by atoms with Gasteiger partial charge in [-0.25, -0.2) is 0 Å². The predicted molar refractivity (Wildman–Crippen MR) is 69.5 cm³/mol. The SMILES string of the molecule is Cn1nccc1NC(=O)c1ccc2[nH]ccc2c1. The minimum Gasteiger partial charge on any atom is -0.361 e. The number of aryl methyl sites for hydroxylation is 1. The standard InChI is InChI=1S/C13H12N4O/c1-17-12(5-7-15-17)16-13(18)10-2-3-11-9(8-10)4-6-14-11/h2-8,14H,1H3,(H,16,18). The molecule has 2 heterocycles. The van der Waals surface area contributed by atoms with Gasteiger partial charge >= 0.3 is 0 Å². The molecular formula is C13H12N4O. The molecule has 0 radical (unpaired) electrons. The number of nitrogens with one attached hydrogen (secondary N) is 2. The molecule has 2 N–H and O–H groups in total. The van der Waals surface area contributed by atoms with E-state index >= 15 is 0 Å². The van der Waals surface area contributed by atoms with Crippen LogP contribution in [0.25, 0.3) is 10.9 Å². The van der Waals surface area contributed by atoms with Gasteiger partial charge in [0, 0.05) is 35.8 Å². The van der Waals surface area contributed by atoms with Gasteiger partial charge in [-0.05, 0) is 24.3 Å². The van der Waals surface area contributed by atoms with Crippen molar-refractivity contribution in [3.8, 4) is 0 Å². The van der Waals surface area contributed by atoms with Crippen LogP contribution >= 0.6 is 0 Å². The van der Waals surface area contributed by atoms with Gasteiger partial charge in [0.15, 0.2) is 0 Å². The topological polar surface area (TPSA) is 62.7 Å². The monoisotopic (exact) mass is 240 g/mol. The van der Waals surface area contributed by atoms with Crippen LogP contribution in [0.5, 0.6) is 0 Å². The number of hydrogen-bond donors (Lipinski definition) is 2. The lowest BCUT2D eigenvalue weighted by molar-refractivity contribution is 0.102. The summed E-state index contributed by atoms with van der Waals surface area (Å²) in [6.07, 6.45) is 3.50. The summed E-state index contributed by atoms with van der Waals surface area (Å²) in [5, 5.41) is 7.84. The van der Waals surface area contributed by atoms with Gasteiger partial charge in [0.25, 0.3) is 5.91 Å². The van der Waals surface area contributed by atoms with Gasteiger partial charge in [-0.1, -0.05) is 0 Å². The molecule has 0 fully saturated rings. The summed E-state index contributed by atoms with van der Waals surface area (Å²) in [6.45, 7) is 0. The Labute approximate surface area is 103 Å². The second kappa shape index (κ2) is 4.03. The van der Waals surface area contributed by atoms with Crippen molar-refractivity contribution in [1.82, 2.24) is 14.8 Å². The first kappa shape index (κ1) is 10.6. The highest BCUT2D eigenvalue weighted by Crippen LogP contribution is 2.15. The molecule has 2 aromatic heterocycles. The third-order valence-corrected chi connectivity index (χ3v) is 2.88. The summed E-state index contributed by atoms with van der Waals surface area (Å²) in [5.41, 5.74) is 1.65. The zero-order chi connectivity index (χ0) is 12.5. The van der Waals surface area contributed by atoms with E-state index in [4.69, 9.17) is 0 Å². The first-order valence-corrected chi connectivity index (χ1v) is 5.60. The minimum absolute atomic E-state index is 0.137. The number of aromatic nitrogens is 3. The smallest absolute Gasteiger partial charge is 0.256 e. The molecule has 5 heteroatoms. The summed E-state index contributed by atoms with van der Waals surface area (Å²) in [4.78, 5) is 15.2. The van der Waals surface area contributed by atoms with Crippen LogP contribution in [0.1, 0.15) is 10.4 Å². The number of carbonyl (C=O) groups excluding carboxylic acids is 1. The van der Waals surface area contributed by atoms with E-state index in [0.29, 0.717) is 11.4 Å². The van der Waals surface area contributed by atoms with E-state index in [1.165, 1.54) is 0 Å². The lowest BCUT2D eigenvalue weighted by Crippen LogP contribution is -2.14. The van der Waals surface area contributed by atoms with E-state index in [9.17, 15) is 4.79 Å². The number of H-pyrrole nitrogens is 1. The van der Waals surface area contributed by atoms with Gasteiger partial charge in [-0.15, -0.1) is 0 Å². The molecule has 0 aliphatic heterocycles. The average molecular weight is 240 g/mol. The predicted octanol–water partition coefficient (Wildman–Crippen LogP) is 2.15. The van der Waals surface area contributed by atoms with Crippen LogP contribution in [0, 0.1) is 0 Å². The molecule has 0 aliphatic rings. The number of amides is 1. The molecule has 0 unspecified atom stereocenters. The zero-order valence-corrected chi connectivity index (χ0v) is 9.84. The maximum atomic E-state index is 12.1. The Morgan fingerprint density at radius 3 is 3.00 bits per heavy atom. The Balaban J connectivity index is 1.89. The van der Waals surface area contributed by atoms with Crippen molar-refractivity contribution in [2.75, 3.05) is 5.32 Å². The fraction of sp³-hybridized carbons (Fsp3) is 0.0769. The number of hydrogen-bond acceptors (Lipinski definition) is 2. The van der Waals surface area contributed by atoms with Crippen molar-refractivity contribution < 1.29 is 4.79 Å². The first-order chi connectivity index (χ1) is 8.74. The molecular weight excluding hydrogens is 228 g/mol. The Morgan fingerprint density at radius 2 is 2.22 bits per heavy atom. The maximum Gasteiger partial charge on any atom is 0.256 e. The molecule has 0 aliphatic carbocycles. The summed E-state index contributed by atoms with van der Waals surface area (Å²) in [5.74, 6) is 0.538. The Hall–Kier alpha value is -2.56. The van der Waals surface area contributed by atoms with Gasteiger partial charge < -0.3 is 10.3 Å². The van der Waals surface area contributed by atoms with Gasteiger partial charge in [0.05, 0.1) is 6.20 Å². The van der Waals surface area contributed by atoms with Crippen molar-refractivity contribution in [2.24, 2.45) is 7.05 Å². The van der Waals surface area contributed by atoms with Crippen molar-refractivity contribution in [2.45, 2.75) is 0 Å². The summed E-state index contributed by atoms with van der Waals surface area (Å²) < 4.78 is 1.62. The van der Waals surface area contributed by atoms with Gasteiger partial charge in [0.1, 0.15) is 5.82 Å². The number of rotatable bonds is 2. The van der Waals surface area contributed by atoms with Crippen LogP contribution in [0.4, 0.5) is 5.82 Å². The van der Waals surface area contributed by atoms with Crippen LogP contribution in [-0.2, 0) is 7.05 Å². The van der Waals surface area contributed by atoms with Gasteiger partial charge in [0.2, 0.25) is 0 Å². The Kier molecular flexibility index (Phi) is 2.37. The van der Waals surface area contributed by atoms with E-state index in [-0.39, 0.29) is 5.91 Å². The van der Waals surface area contributed by atoms with Crippen LogP contribution in [0.15, 0.2) is 42.7 Å². The molecule has 0 atom stereocenters. The van der Waals surface area contributed by atoms with Crippen LogP contribution in [0.3, 0.4) is 0 Å². The number of aromatic amines is 1. The fourth-order valence-corrected chi connectivity index (χ4v) is 1.88. The number of anilines is 1. The largest absolute Gasteiger partial charge is 0.361 e. The second-order valence-corrected chi connectivity index (χ2v) is 4.07. The first-order valence-electron chi connectivity index (χ1n) is 5.60. The van der Waals surface area contributed by atoms with E-state index in [2.05, 4.69) is 15.4 Å². The van der Waals surface area contributed by atoms with Crippen molar-refractivity contribution in [3.63, 3.8) is 0 Å². The van der Waals surface area contributed by atoms with Gasteiger partial charge in [-0.3, -0.25) is 9.48 Å². The lowest BCUT2D eigenvalue weighted by atomic mass is 10.1. The molecule has 0 bridgehead atoms. The second-order valence-electron chi connectivity index (χ2n) is 4.07. The Morgan fingerprint density at radius 1 is 1.33 bits per heavy atom. The highest BCUT2D eigenvalue weighted by atomic mass is 16.1. The summed E-state index contributed by atoms with van der Waals surface area (Å²) in [6, 6.07) is 9.25. The third kappa shape index (κ3) is 1.75. The van der Waals surface area contributed by atoms with Crippen molar-refractivity contribution in [1.29, 1.82) is 0 Å². The molecule has 18 heavy (non-hydrogen) atoms. The highest BCUT2D eigenvalue weighted by Gasteiger charge is 2.08. The normalized spacial score (nSPS) is 10.7. The number of carbonyl (C=O) groups is 1. The van der Waals surface area contributed by atoms with Crippen molar-refractivity contribution in [3.05, 3.63) is 48.3 Å². The van der Waals surface area contributed by atoms with E-state index in [1.54, 1.807) is 30.1 Å². The quantitative estimate of drug-likeness (QED) is 0.721. The average Bonchev–Trinajstić information content (AvgIpc) is 2.98. The molecule has 90 valence electrons. The molecule has 3 rings (SSSR count). The van der Waals surface area contributed by atoms with Crippen LogP contribution < -0.4 is 5.32 Å². The molecule has 1 aromatic carbocycles. The summed E-state index contributed by atoms with van der Waals surface area (Å²) in [7, 11) is 1.78. The highest BCUT2D eigenvalue weighted by molar-refractivity contribution is 6.05. The van der Waals surface area contributed by atoms with E-state index in [0.717, 1.165) is 10.9 Å². The third-order valence-electron chi connectivity index (χ3n) is 2.88. The molecule has 3 aromatic rings. The van der Waals surface area contributed by atoms with Gasteiger partial charge in [-0.2, -0.15) is 5.10 Å². The number of fused-ring (bicyclic) bond motifs is 1. The molecule has 0 saturated heterocycles. The molecule has 1 amide bonds. The van der Waals surface area contributed by atoms with Crippen LogP contribution in [0.2, 0.25) is 0 Å². The van der Waals surface area contributed by atoms with E-state index < -0.39 is 0 Å². The number of benzene rings is 1. The van der Waals surface area contributed by atoms with Crippen molar-refractivity contribution >= 4 is 22.6 Å². The Bertz CT molecular complexity index is 710. The van der Waals surface area contributed by atoms with Crippen LogP contribution in [-0.4, -0.2) is 20.7 Å².